The SMILES string of the molecule is CC(C)[C@H](Nc1nc(CNC(=O)/C=C/c2ccsc2)nc2ccccc12)C(N)=O. The highest BCUT2D eigenvalue weighted by Gasteiger charge is 2.21. The lowest BCUT2D eigenvalue weighted by atomic mass is 10.0. The summed E-state index contributed by atoms with van der Waals surface area (Å²) < 4.78 is 0. The van der Waals surface area contributed by atoms with Crippen molar-refractivity contribution in [3.8, 4) is 0 Å². The van der Waals surface area contributed by atoms with Gasteiger partial charge in [0.2, 0.25) is 11.8 Å². The van der Waals surface area contributed by atoms with E-state index >= 15 is 0 Å². The Bertz CT molecular complexity index is 1030. The number of hydrogen-bond donors (Lipinski definition) is 3. The number of primary amides is 1. The fourth-order valence-corrected chi connectivity index (χ4v) is 3.42. The predicted octanol–water partition coefficient (Wildman–Crippen LogP) is 2.94. The quantitative estimate of drug-likeness (QED) is 0.496. The maximum Gasteiger partial charge on any atom is 0.244 e. The average Bonchev–Trinajstić information content (AvgIpc) is 3.21. The van der Waals surface area contributed by atoms with E-state index in [1.54, 1.807) is 17.4 Å². The van der Waals surface area contributed by atoms with Crippen molar-refractivity contribution >= 4 is 45.9 Å². The summed E-state index contributed by atoms with van der Waals surface area (Å²) in [4.78, 5) is 32.9. The number of aromatic nitrogens is 2. The molecule has 1 atom stereocenters. The van der Waals surface area contributed by atoms with E-state index in [4.69, 9.17) is 5.73 Å². The van der Waals surface area contributed by atoms with Gasteiger partial charge >= 0.3 is 0 Å². The molecular formula is C21H23N5O2S. The van der Waals surface area contributed by atoms with Crippen LogP contribution in [0.4, 0.5) is 5.82 Å². The largest absolute Gasteiger partial charge is 0.368 e. The van der Waals surface area contributed by atoms with Gasteiger partial charge in [-0.3, -0.25) is 9.59 Å². The molecule has 0 unspecified atom stereocenters. The summed E-state index contributed by atoms with van der Waals surface area (Å²) in [5, 5.41) is 10.6. The van der Waals surface area contributed by atoms with Crippen LogP contribution in [-0.4, -0.2) is 27.8 Å². The molecule has 0 spiro atoms. The van der Waals surface area contributed by atoms with E-state index in [9.17, 15) is 9.59 Å². The van der Waals surface area contributed by atoms with Crippen LogP contribution in [0.5, 0.6) is 0 Å². The molecule has 4 N–H and O–H groups in total. The summed E-state index contributed by atoms with van der Waals surface area (Å²) in [5.41, 5.74) is 7.23. The van der Waals surface area contributed by atoms with E-state index in [1.807, 2.05) is 54.9 Å². The van der Waals surface area contributed by atoms with Gasteiger partial charge in [-0.05, 0) is 46.5 Å². The number of fused-ring (bicyclic) bond motifs is 1. The number of nitrogens with one attached hydrogen (secondary N) is 2. The molecule has 150 valence electrons. The van der Waals surface area contributed by atoms with E-state index < -0.39 is 11.9 Å². The van der Waals surface area contributed by atoms with Crippen LogP contribution in [0, 0.1) is 5.92 Å². The van der Waals surface area contributed by atoms with Gasteiger partial charge in [-0.25, -0.2) is 9.97 Å². The van der Waals surface area contributed by atoms with E-state index in [0.29, 0.717) is 11.6 Å². The molecule has 8 heteroatoms. The maximum absolute atomic E-state index is 12.1. The molecule has 0 aliphatic carbocycles. The van der Waals surface area contributed by atoms with Crippen LogP contribution in [0.15, 0.2) is 47.2 Å². The van der Waals surface area contributed by atoms with Gasteiger partial charge in [-0.2, -0.15) is 11.3 Å². The fraction of sp³-hybridized carbons (Fsp3) is 0.238. The molecule has 2 amide bonds. The minimum Gasteiger partial charge on any atom is -0.368 e. The van der Waals surface area contributed by atoms with Crippen LogP contribution in [-0.2, 0) is 16.1 Å². The summed E-state index contributed by atoms with van der Waals surface area (Å²) in [6, 6.07) is 8.86. The molecule has 0 saturated heterocycles. The van der Waals surface area contributed by atoms with Crippen LogP contribution in [0.3, 0.4) is 0 Å². The Morgan fingerprint density at radius 3 is 2.69 bits per heavy atom. The number of benzene rings is 1. The van der Waals surface area contributed by atoms with Crippen molar-refractivity contribution in [2.75, 3.05) is 5.32 Å². The van der Waals surface area contributed by atoms with Gasteiger partial charge in [0, 0.05) is 11.5 Å². The molecular weight excluding hydrogens is 386 g/mol. The molecule has 3 aromatic rings. The maximum atomic E-state index is 12.1. The van der Waals surface area contributed by atoms with E-state index in [1.165, 1.54) is 6.08 Å². The minimum absolute atomic E-state index is 0.00776. The zero-order valence-corrected chi connectivity index (χ0v) is 17.1. The Kier molecular flexibility index (Phi) is 6.56. The number of nitrogens with zero attached hydrogens (tertiary/aromatic N) is 2. The molecule has 0 bridgehead atoms. The first-order valence-electron chi connectivity index (χ1n) is 9.23. The van der Waals surface area contributed by atoms with Crippen molar-refractivity contribution in [3.05, 3.63) is 58.6 Å². The van der Waals surface area contributed by atoms with Crippen molar-refractivity contribution in [3.63, 3.8) is 0 Å². The molecule has 1 aromatic carbocycles. The second-order valence-corrected chi connectivity index (χ2v) is 7.66. The zero-order valence-electron chi connectivity index (χ0n) is 16.3. The number of para-hydroxylation sites is 1. The Morgan fingerprint density at radius 2 is 2.00 bits per heavy atom. The number of hydrogen-bond acceptors (Lipinski definition) is 6. The van der Waals surface area contributed by atoms with E-state index in [2.05, 4.69) is 20.6 Å². The van der Waals surface area contributed by atoms with Crippen LogP contribution in [0.2, 0.25) is 0 Å². The minimum atomic E-state index is -0.565. The standard InChI is InChI=1S/C21H23N5O2S/c1-13(2)19(20(22)28)26-21-15-5-3-4-6-16(15)24-17(25-21)11-23-18(27)8-7-14-9-10-29-12-14/h3-10,12-13,19H,11H2,1-2H3,(H2,22,28)(H,23,27)(H,24,25,26)/b8-7+/t19-/m0/s1. The molecule has 29 heavy (non-hydrogen) atoms. The smallest absolute Gasteiger partial charge is 0.244 e. The number of carbonyl (C=O) groups excluding carboxylic acids is 2. The normalized spacial score (nSPS) is 12.4. The Labute approximate surface area is 173 Å². The number of nitrogens with two attached hydrogens (primary N) is 1. The van der Waals surface area contributed by atoms with Gasteiger partial charge < -0.3 is 16.4 Å². The van der Waals surface area contributed by atoms with Gasteiger partial charge in [-0.1, -0.05) is 26.0 Å². The monoisotopic (exact) mass is 409 g/mol. The van der Waals surface area contributed by atoms with Crippen molar-refractivity contribution in [2.45, 2.75) is 26.4 Å². The lowest BCUT2D eigenvalue weighted by Crippen LogP contribution is -2.40. The van der Waals surface area contributed by atoms with Crippen molar-refractivity contribution in [1.29, 1.82) is 0 Å². The third kappa shape index (κ3) is 5.39. The van der Waals surface area contributed by atoms with Crippen LogP contribution in [0.25, 0.3) is 17.0 Å². The average molecular weight is 410 g/mol. The first-order chi connectivity index (χ1) is 13.9. The van der Waals surface area contributed by atoms with Crippen LogP contribution >= 0.6 is 11.3 Å². The summed E-state index contributed by atoms with van der Waals surface area (Å²) in [6.07, 6.45) is 3.23. The second-order valence-electron chi connectivity index (χ2n) is 6.88. The first-order valence-corrected chi connectivity index (χ1v) is 10.2. The molecule has 2 aromatic heterocycles. The highest BCUT2D eigenvalue weighted by molar-refractivity contribution is 7.08. The highest BCUT2D eigenvalue weighted by Crippen LogP contribution is 2.22. The zero-order chi connectivity index (χ0) is 20.8. The molecule has 0 saturated carbocycles. The van der Waals surface area contributed by atoms with Crippen molar-refractivity contribution < 1.29 is 9.59 Å². The van der Waals surface area contributed by atoms with Crippen LogP contribution in [0.1, 0.15) is 25.2 Å². The van der Waals surface area contributed by atoms with Gasteiger partial charge in [0.1, 0.15) is 11.9 Å². The van der Waals surface area contributed by atoms with E-state index in [0.717, 1.165) is 16.5 Å². The number of carbonyl (C=O) groups is 2. The van der Waals surface area contributed by atoms with Crippen LogP contribution < -0.4 is 16.4 Å². The lowest BCUT2D eigenvalue weighted by Gasteiger charge is -2.21. The predicted molar refractivity (Wildman–Crippen MR) is 116 cm³/mol. The third-order valence-corrected chi connectivity index (χ3v) is 5.01. The lowest BCUT2D eigenvalue weighted by molar-refractivity contribution is -0.119. The summed E-state index contributed by atoms with van der Waals surface area (Å²) in [6.45, 7) is 3.98. The highest BCUT2D eigenvalue weighted by atomic mass is 32.1. The molecule has 0 radical (unpaired) electrons. The molecule has 2 heterocycles. The summed E-state index contributed by atoms with van der Waals surface area (Å²) in [5.74, 6) is 0.268. The number of amides is 2. The van der Waals surface area contributed by atoms with Crippen molar-refractivity contribution in [1.82, 2.24) is 15.3 Å². The summed E-state index contributed by atoms with van der Waals surface area (Å²) >= 11 is 1.57. The topological polar surface area (TPSA) is 110 Å². The molecule has 7 nitrogen and oxygen atoms in total. The second kappa shape index (κ2) is 9.29. The van der Waals surface area contributed by atoms with E-state index in [-0.39, 0.29) is 18.4 Å². The molecule has 3 rings (SSSR count). The van der Waals surface area contributed by atoms with Gasteiger partial charge in [-0.15, -0.1) is 0 Å². The number of rotatable bonds is 8. The fourth-order valence-electron chi connectivity index (χ4n) is 2.79. The number of thiophene rings is 1. The molecule has 0 fully saturated rings. The third-order valence-electron chi connectivity index (χ3n) is 4.31. The summed E-state index contributed by atoms with van der Waals surface area (Å²) in [7, 11) is 0. The molecule has 0 aliphatic rings. The Balaban J connectivity index is 1.79. The molecule has 0 aliphatic heterocycles. The first kappa shape index (κ1) is 20.5. The Hall–Kier alpha value is -3.26. The van der Waals surface area contributed by atoms with Gasteiger partial charge in [0.05, 0.1) is 12.1 Å². The van der Waals surface area contributed by atoms with Gasteiger partial charge in [0.15, 0.2) is 5.82 Å². The Morgan fingerprint density at radius 1 is 1.21 bits per heavy atom. The van der Waals surface area contributed by atoms with Crippen molar-refractivity contribution in [2.24, 2.45) is 11.7 Å². The number of anilines is 1. The van der Waals surface area contributed by atoms with Gasteiger partial charge in [0.25, 0.3) is 0 Å².